The van der Waals surface area contributed by atoms with Gasteiger partial charge in [0, 0.05) is 17.3 Å². The van der Waals surface area contributed by atoms with Crippen molar-refractivity contribution in [3.63, 3.8) is 0 Å². The normalized spacial score (nSPS) is 11.9. The molecule has 25 heavy (non-hydrogen) atoms. The van der Waals surface area contributed by atoms with E-state index in [9.17, 15) is 0 Å². The van der Waals surface area contributed by atoms with Crippen LogP contribution in [0.5, 0.6) is 5.75 Å². The highest BCUT2D eigenvalue weighted by Gasteiger charge is 2.14. The summed E-state index contributed by atoms with van der Waals surface area (Å²) in [6, 6.07) is 14.1. The van der Waals surface area contributed by atoms with Gasteiger partial charge in [-0.2, -0.15) is 0 Å². The second kappa shape index (κ2) is 9.04. The van der Waals surface area contributed by atoms with Gasteiger partial charge in [0.2, 0.25) is 0 Å². The van der Waals surface area contributed by atoms with Crippen LogP contribution < -0.4 is 15.4 Å². The zero-order valence-electron chi connectivity index (χ0n) is 15.0. The molecule has 0 fully saturated rings. The lowest BCUT2D eigenvalue weighted by Crippen LogP contribution is -2.36. The lowest BCUT2D eigenvalue weighted by Gasteiger charge is -2.26. The number of nitrogens with zero attached hydrogens (tertiary/aromatic N) is 1. The van der Waals surface area contributed by atoms with Gasteiger partial charge in [-0.25, -0.2) is 0 Å². The van der Waals surface area contributed by atoms with Crippen molar-refractivity contribution in [1.82, 2.24) is 10.2 Å². The van der Waals surface area contributed by atoms with E-state index < -0.39 is 0 Å². The van der Waals surface area contributed by atoms with Gasteiger partial charge in [0.25, 0.3) is 0 Å². The largest absolute Gasteiger partial charge is 0.497 e. The number of likely N-dealkylation sites (N-methyl/N-ethyl adjacent to an activating group) is 1. The summed E-state index contributed by atoms with van der Waals surface area (Å²) in [5.74, 6) is 0.850. The second-order valence-corrected chi connectivity index (χ2v) is 6.87. The first kappa shape index (κ1) is 19.5. The topological polar surface area (TPSA) is 36.5 Å². The molecule has 0 radical (unpaired) electrons. The predicted molar refractivity (Wildman–Crippen MR) is 110 cm³/mol. The summed E-state index contributed by atoms with van der Waals surface area (Å²) in [7, 11) is 5.76. The molecule has 0 heterocycles. The smallest absolute Gasteiger partial charge is 0.170 e. The van der Waals surface area contributed by atoms with E-state index in [1.807, 2.05) is 51.4 Å². The molecule has 0 bridgehead atoms. The Morgan fingerprint density at radius 2 is 1.88 bits per heavy atom. The minimum atomic E-state index is 0.187. The van der Waals surface area contributed by atoms with Gasteiger partial charge in [-0.05, 0) is 68.6 Å². The fraction of sp³-hybridized carbons (Fsp3) is 0.316. The maximum atomic E-state index is 6.15. The molecule has 0 saturated carbocycles. The van der Waals surface area contributed by atoms with E-state index >= 15 is 0 Å². The van der Waals surface area contributed by atoms with Crippen LogP contribution in [0.4, 0.5) is 5.69 Å². The van der Waals surface area contributed by atoms with Crippen molar-refractivity contribution in [3.8, 4) is 5.75 Å². The molecular formula is C19H24ClN3OS. The van der Waals surface area contributed by atoms with Crippen molar-refractivity contribution in [2.75, 3.05) is 33.1 Å². The molecule has 0 spiro atoms. The lowest BCUT2D eigenvalue weighted by molar-refractivity contribution is 0.299. The van der Waals surface area contributed by atoms with Gasteiger partial charge in [-0.15, -0.1) is 0 Å². The SMILES string of the molecule is COc1ccc([C@H](CNC(=S)Nc2ccc(C)c(Cl)c2)N(C)C)cc1. The van der Waals surface area contributed by atoms with Gasteiger partial charge < -0.3 is 20.3 Å². The minimum absolute atomic E-state index is 0.187. The Balaban J connectivity index is 1.97. The number of rotatable bonds is 6. The van der Waals surface area contributed by atoms with Crippen molar-refractivity contribution in [2.45, 2.75) is 13.0 Å². The van der Waals surface area contributed by atoms with Crippen LogP contribution in [0.25, 0.3) is 0 Å². The first-order chi connectivity index (χ1) is 11.9. The van der Waals surface area contributed by atoms with Crippen molar-refractivity contribution >= 4 is 34.6 Å². The van der Waals surface area contributed by atoms with Crippen LogP contribution in [0.15, 0.2) is 42.5 Å². The Morgan fingerprint density at radius 1 is 1.20 bits per heavy atom. The number of methoxy groups -OCH3 is 1. The Labute approximate surface area is 160 Å². The molecular weight excluding hydrogens is 354 g/mol. The molecule has 0 aromatic heterocycles. The highest BCUT2D eigenvalue weighted by Crippen LogP contribution is 2.22. The Hall–Kier alpha value is -1.82. The average Bonchev–Trinajstić information content (AvgIpc) is 2.58. The average molecular weight is 378 g/mol. The van der Waals surface area contributed by atoms with Crippen LogP contribution in [0.2, 0.25) is 5.02 Å². The maximum Gasteiger partial charge on any atom is 0.170 e. The zero-order chi connectivity index (χ0) is 18.4. The number of thiocarbonyl (C=S) groups is 1. The third-order valence-electron chi connectivity index (χ3n) is 4.01. The first-order valence-corrected chi connectivity index (χ1v) is 8.80. The number of hydrogen-bond acceptors (Lipinski definition) is 3. The summed E-state index contributed by atoms with van der Waals surface area (Å²) in [6.45, 7) is 2.66. The van der Waals surface area contributed by atoms with Gasteiger partial charge in [0.05, 0.1) is 13.2 Å². The summed E-state index contributed by atoms with van der Waals surface area (Å²) in [6.07, 6.45) is 0. The van der Waals surface area contributed by atoms with Gasteiger partial charge in [-0.3, -0.25) is 0 Å². The Kier molecular flexibility index (Phi) is 7.05. The lowest BCUT2D eigenvalue weighted by atomic mass is 10.1. The molecule has 0 amide bonds. The van der Waals surface area contributed by atoms with E-state index in [1.165, 1.54) is 5.56 Å². The fourth-order valence-corrected chi connectivity index (χ4v) is 2.84. The molecule has 0 saturated heterocycles. The first-order valence-electron chi connectivity index (χ1n) is 8.02. The summed E-state index contributed by atoms with van der Waals surface area (Å²) in [4.78, 5) is 2.15. The van der Waals surface area contributed by atoms with Gasteiger partial charge >= 0.3 is 0 Å². The number of nitrogens with one attached hydrogen (secondary N) is 2. The molecule has 2 aromatic carbocycles. The third-order valence-corrected chi connectivity index (χ3v) is 4.66. The van der Waals surface area contributed by atoms with Crippen molar-refractivity contribution < 1.29 is 4.74 Å². The van der Waals surface area contributed by atoms with Crippen LogP contribution in [0, 0.1) is 6.92 Å². The Bertz CT molecular complexity index is 719. The number of halogens is 1. The van der Waals surface area contributed by atoms with Crippen LogP contribution in [0.3, 0.4) is 0 Å². The highest BCUT2D eigenvalue weighted by molar-refractivity contribution is 7.80. The van der Waals surface area contributed by atoms with Crippen LogP contribution in [-0.4, -0.2) is 37.8 Å². The van der Waals surface area contributed by atoms with E-state index in [-0.39, 0.29) is 6.04 Å². The molecule has 2 aromatic rings. The van der Waals surface area contributed by atoms with E-state index in [0.717, 1.165) is 22.0 Å². The van der Waals surface area contributed by atoms with Crippen molar-refractivity contribution in [3.05, 3.63) is 58.6 Å². The molecule has 134 valence electrons. The molecule has 2 rings (SSSR count). The van der Waals surface area contributed by atoms with Gasteiger partial charge in [-0.1, -0.05) is 29.8 Å². The summed E-state index contributed by atoms with van der Waals surface area (Å²) in [5, 5.41) is 7.74. The molecule has 0 aliphatic rings. The van der Waals surface area contributed by atoms with E-state index in [1.54, 1.807) is 7.11 Å². The minimum Gasteiger partial charge on any atom is -0.497 e. The van der Waals surface area contributed by atoms with E-state index in [2.05, 4.69) is 27.7 Å². The standard InChI is InChI=1S/C19H24ClN3OS/c1-13-5-8-15(11-17(13)20)22-19(25)21-12-18(23(2)3)14-6-9-16(24-4)10-7-14/h5-11,18H,12H2,1-4H3,(H2,21,22,25)/t18-/m0/s1. The quantitative estimate of drug-likeness (QED) is 0.736. The van der Waals surface area contributed by atoms with Gasteiger partial charge in [0.15, 0.2) is 5.11 Å². The summed E-state index contributed by atoms with van der Waals surface area (Å²) >= 11 is 11.6. The summed E-state index contributed by atoms with van der Waals surface area (Å²) in [5.41, 5.74) is 3.11. The molecule has 1 atom stereocenters. The molecule has 6 heteroatoms. The van der Waals surface area contributed by atoms with E-state index in [4.69, 9.17) is 28.6 Å². The van der Waals surface area contributed by atoms with Crippen LogP contribution in [-0.2, 0) is 0 Å². The molecule has 4 nitrogen and oxygen atoms in total. The summed E-state index contributed by atoms with van der Waals surface area (Å²) < 4.78 is 5.22. The number of ether oxygens (including phenoxy) is 1. The number of hydrogen-bond donors (Lipinski definition) is 2. The number of anilines is 1. The maximum absolute atomic E-state index is 6.15. The van der Waals surface area contributed by atoms with Gasteiger partial charge in [0.1, 0.15) is 5.75 Å². The van der Waals surface area contributed by atoms with E-state index in [0.29, 0.717) is 11.7 Å². The van der Waals surface area contributed by atoms with Crippen LogP contribution in [0.1, 0.15) is 17.2 Å². The monoisotopic (exact) mass is 377 g/mol. The fourth-order valence-electron chi connectivity index (χ4n) is 2.46. The third kappa shape index (κ3) is 5.59. The van der Waals surface area contributed by atoms with Crippen molar-refractivity contribution in [1.29, 1.82) is 0 Å². The Morgan fingerprint density at radius 3 is 2.44 bits per heavy atom. The molecule has 0 aliphatic heterocycles. The molecule has 0 unspecified atom stereocenters. The predicted octanol–water partition coefficient (Wildman–Crippen LogP) is 4.25. The second-order valence-electron chi connectivity index (χ2n) is 6.05. The highest BCUT2D eigenvalue weighted by atomic mass is 35.5. The zero-order valence-corrected chi connectivity index (χ0v) is 16.5. The van der Waals surface area contributed by atoms with Crippen LogP contribution >= 0.6 is 23.8 Å². The molecule has 0 aliphatic carbocycles. The van der Waals surface area contributed by atoms with Crippen molar-refractivity contribution in [2.24, 2.45) is 0 Å². The molecule has 2 N–H and O–H groups in total. The number of benzene rings is 2. The number of aryl methyl sites for hydroxylation is 1.